The maximum absolute atomic E-state index is 12.2. The Morgan fingerprint density at radius 3 is 2.36 bits per heavy atom. The molecule has 0 aliphatic carbocycles. The Morgan fingerprint density at radius 1 is 1.36 bits per heavy atom. The highest BCUT2D eigenvalue weighted by molar-refractivity contribution is 6.33. The minimum atomic E-state index is -4.56. The fourth-order valence-corrected chi connectivity index (χ4v) is 1.15. The molecule has 0 aromatic heterocycles. The van der Waals surface area contributed by atoms with Gasteiger partial charge in [-0.15, -0.1) is 0 Å². The van der Waals surface area contributed by atoms with Crippen molar-refractivity contribution in [2.24, 2.45) is 0 Å². The minimum absolute atomic E-state index is 0.0582. The molecule has 0 aliphatic rings. The summed E-state index contributed by atoms with van der Waals surface area (Å²) in [5.74, 6) is 0. The van der Waals surface area contributed by atoms with Crippen LogP contribution in [0.4, 0.5) is 18.9 Å². The maximum atomic E-state index is 12.2. The normalized spacial score (nSPS) is 11.4. The van der Waals surface area contributed by atoms with E-state index in [4.69, 9.17) is 17.3 Å². The number of halogens is 4. The Bertz CT molecular complexity index is 376. The molecule has 0 heterocycles. The molecule has 1 rings (SSSR count). The predicted octanol–water partition coefficient (Wildman–Crippen LogP) is 2.75. The Hall–Kier alpha value is -1.23. The summed E-state index contributed by atoms with van der Waals surface area (Å²) in [6, 6.07) is 1.54. The Labute approximate surface area is 82.5 Å². The number of anilines is 1. The van der Waals surface area contributed by atoms with E-state index in [-0.39, 0.29) is 10.6 Å². The van der Waals surface area contributed by atoms with Crippen LogP contribution in [-0.4, -0.2) is 6.29 Å². The van der Waals surface area contributed by atoms with Crippen LogP contribution in [0.1, 0.15) is 15.9 Å². The number of alkyl halides is 3. The lowest BCUT2D eigenvalue weighted by molar-refractivity contribution is -0.136. The van der Waals surface area contributed by atoms with Crippen LogP contribution in [0.3, 0.4) is 0 Å². The third kappa shape index (κ3) is 1.98. The lowest BCUT2D eigenvalue weighted by Gasteiger charge is -2.10. The number of hydrogen-bond acceptors (Lipinski definition) is 2. The second kappa shape index (κ2) is 3.49. The Kier molecular flexibility index (Phi) is 2.71. The van der Waals surface area contributed by atoms with E-state index in [0.29, 0.717) is 12.4 Å². The molecule has 0 saturated heterocycles. The number of benzene rings is 1. The average molecular weight is 224 g/mol. The summed E-state index contributed by atoms with van der Waals surface area (Å²) in [5.41, 5.74) is 3.51. The smallest absolute Gasteiger partial charge is 0.398 e. The predicted molar refractivity (Wildman–Crippen MR) is 46.3 cm³/mol. The second-order valence-corrected chi connectivity index (χ2v) is 2.98. The number of hydrogen-bond donors (Lipinski definition) is 1. The summed E-state index contributed by atoms with van der Waals surface area (Å²) >= 11 is 5.42. The van der Waals surface area contributed by atoms with E-state index in [9.17, 15) is 18.0 Å². The van der Waals surface area contributed by atoms with Gasteiger partial charge in [-0.05, 0) is 12.1 Å². The van der Waals surface area contributed by atoms with Gasteiger partial charge in [0.2, 0.25) is 0 Å². The molecule has 0 radical (unpaired) electrons. The van der Waals surface area contributed by atoms with Crippen molar-refractivity contribution in [2.75, 3.05) is 5.73 Å². The zero-order valence-electron chi connectivity index (χ0n) is 6.73. The third-order valence-electron chi connectivity index (χ3n) is 1.60. The fraction of sp³-hybridized carbons (Fsp3) is 0.125. The van der Waals surface area contributed by atoms with Crippen LogP contribution in [0.15, 0.2) is 12.1 Å². The summed E-state index contributed by atoms with van der Waals surface area (Å²) in [6.45, 7) is 0. The van der Waals surface area contributed by atoms with Crippen molar-refractivity contribution in [3.8, 4) is 0 Å². The average Bonchev–Trinajstić information content (AvgIpc) is 2.06. The molecule has 6 heteroatoms. The van der Waals surface area contributed by atoms with Crippen molar-refractivity contribution in [1.29, 1.82) is 0 Å². The number of rotatable bonds is 1. The Morgan fingerprint density at radius 2 is 1.93 bits per heavy atom. The van der Waals surface area contributed by atoms with E-state index >= 15 is 0 Å². The molecule has 76 valence electrons. The van der Waals surface area contributed by atoms with Gasteiger partial charge in [0.1, 0.15) is 0 Å². The van der Waals surface area contributed by atoms with Gasteiger partial charge in [-0.1, -0.05) is 11.6 Å². The SMILES string of the molecule is Nc1cc(C=O)c(Cl)cc1C(F)(F)F. The van der Waals surface area contributed by atoms with Gasteiger partial charge < -0.3 is 5.73 Å². The molecule has 2 nitrogen and oxygen atoms in total. The highest BCUT2D eigenvalue weighted by Crippen LogP contribution is 2.36. The zero-order valence-corrected chi connectivity index (χ0v) is 7.49. The number of carbonyl (C=O) groups excluding carboxylic acids is 1. The number of nitrogen functional groups attached to an aromatic ring is 1. The lowest BCUT2D eigenvalue weighted by atomic mass is 10.1. The van der Waals surface area contributed by atoms with Crippen LogP contribution in [0.2, 0.25) is 5.02 Å². The lowest BCUT2D eigenvalue weighted by Crippen LogP contribution is -2.09. The molecule has 0 fully saturated rings. The van der Waals surface area contributed by atoms with E-state index in [0.717, 1.165) is 6.07 Å². The van der Waals surface area contributed by atoms with Crippen molar-refractivity contribution >= 4 is 23.6 Å². The van der Waals surface area contributed by atoms with Crippen molar-refractivity contribution < 1.29 is 18.0 Å². The first kappa shape index (κ1) is 10.8. The first-order chi connectivity index (χ1) is 6.36. The van der Waals surface area contributed by atoms with Gasteiger partial charge in [0, 0.05) is 11.3 Å². The van der Waals surface area contributed by atoms with Gasteiger partial charge in [0.05, 0.1) is 10.6 Å². The van der Waals surface area contributed by atoms with Crippen LogP contribution in [0.5, 0.6) is 0 Å². The molecule has 1 aromatic carbocycles. The molecule has 0 bridgehead atoms. The zero-order chi connectivity index (χ0) is 10.9. The van der Waals surface area contributed by atoms with Crippen molar-refractivity contribution in [1.82, 2.24) is 0 Å². The largest absolute Gasteiger partial charge is 0.418 e. The molecular formula is C8H5ClF3NO. The van der Waals surface area contributed by atoms with Gasteiger partial charge >= 0.3 is 6.18 Å². The summed E-state index contributed by atoms with van der Waals surface area (Å²) < 4.78 is 36.7. The van der Waals surface area contributed by atoms with Crippen LogP contribution in [0, 0.1) is 0 Å². The number of aldehydes is 1. The first-order valence-electron chi connectivity index (χ1n) is 3.47. The molecule has 1 aromatic rings. The van der Waals surface area contributed by atoms with Crippen LogP contribution < -0.4 is 5.73 Å². The summed E-state index contributed by atoms with van der Waals surface area (Å²) in [6.07, 6.45) is -4.21. The van der Waals surface area contributed by atoms with Crippen LogP contribution in [0.25, 0.3) is 0 Å². The molecule has 0 aliphatic heterocycles. The van der Waals surface area contributed by atoms with Crippen LogP contribution in [-0.2, 0) is 6.18 Å². The van der Waals surface area contributed by atoms with Gasteiger partial charge in [-0.3, -0.25) is 4.79 Å². The second-order valence-electron chi connectivity index (χ2n) is 2.58. The number of carbonyl (C=O) groups is 1. The monoisotopic (exact) mass is 223 g/mol. The highest BCUT2D eigenvalue weighted by Gasteiger charge is 2.33. The highest BCUT2D eigenvalue weighted by atomic mass is 35.5. The molecule has 0 amide bonds. The molecular weight excluding hydrogens is 219 g/mol. The number of nitrogens with two attached hydrogens (primary N) is 1. The van der Waals surface area contributed by atoms with Crippen LogP contribution >= 0.6 is 11.6 Å². The minimum Gasteiger partial charge on any atom is -0.398 e. The fourth-order valence-electron chi connectivity index (χ4n) is 0.943. The molecule has 0 unspecified atom stereocenters. The van der Waals surface area contributed by atoms with E-state index in [1.165, 1.54) is 0 Å². The van der Waals surface area contributed by atoms with Gasteiger partial charge in [0.15, 0.2) is 6.29 Å². The maximum Gasteiger partial charge on any atom is 0.418 e. The quantitative estimate of drug-likeness (QED) is 0.588. The van der Waals surface area contributed by atoms with Gasteiger partial charge in [-0.25, -0.2) is 0 Å². The molecule has 0 spiro atoms. The topological polar surface area (TPSA) is 43.1 Å². The first-order valence-corrected chi connectivity index (χ1v) is 3.85. The van der Waals surface area contributed by atoms with Crippen molar-refractivity contribution in [3.63, 3.8) is 0 Å². The Balaban J connectivity index is 3.36. The van der Waals surface area contributed by atoms with Crippen molar-refractivity contribution in [2.45, 2.75) is 6.18 Å². The van der Waals surface area contributed by atoms with E-state index in [2.05, 4.69) is 0 Å². The van der Waals surface area contributed by atoms with Gasteiger partial charge in [0.25, 0.3) is 0 Å². The molecule has 2 N–H and O–H groups in total. The molecule has 14 heavy (non-hydrogen) atoms. The van der Waals surface area contributed by atoms with E-state index in [1.54, 1.807) is 0 Å². The van der Waals surface area contributed by atoms with Crippen molar-refractivity contribution in [3.05, 3.63) is 28.3 Å². The van der Waals surface area contributed by atoms with E-state index < -0.39 is 17.4 Å². The third-order valence-corrected chi connectivity index (χ3v) is 1.93. The van der Waals surface area contributed by atoms with Gasteiger partial charge in [-0.2, -0.15) is 13.2 Å². The summed E-state index contributed by atoms with van der Waals surface area (Å²) in [7, 11) is 0. The summed E-state index contributed by atoms with van der Waals surface area (Å²) in [5, 5.41) is -0.262. The molecule has 0 saturated carbocycles. The van der Waals surface area contributed by atoms with E-state index in [1.807, 2.05) is 0 Å². The molecule has 0 atom stereocenters. The summed E-state index contributed by atoms with van der Waals surface area (Å²) in [4.78, 5) is 10.3. The standard InChI is InChI=1S/C8H5ClF3NO/c9-6-2-5(8(10,11)12)7(13)1-4(6)3-14/h1-3H,13H2.